The largest absolute Gasteiger partial charge is 0.389 e. The van der Waals surface area contributed by atoms with E-state index in [1.165, 1.54) is 18.2 Å². The fourth-order valence-electron chi connectivity index (χ4n) is 1.81. The van der Waals surface area contributed by atoms with Crippen LogP contribution in [0.4, 0.5) is 4.39 Å². The number of hydrogen-bond acceptors (Lipinski definition) is 3. The molecule has 0 heterocycles. The van der Waals surface area contributed by atoms with Gasteiger partial charge < -0.3 is 5.11 Å². The summed E-state index contributed by atoms with van der Waals surface area (Å²) in [5.41, 5.74) is -1.04. The van der Waals surface area contributed by atoms with Gasteiger partial charge in [0.05, 0.1) is 10.5 Å². The maximum absolute atomic E-state index is 13.0. The zero-order chi connectivity index (χ0) is 13.4. The summed E-state index contributed by atoms with van der Waals surface area (Å²) >= 11 is 0. The highest BCUT2D eigenvalue weighted by Gasteiger charge is 2.40. The molecule has 4 nitrogen and oxygen atoms in total. The van der Waals surface area contributed by atoms with E-state index in [1.807, 2.05) is 0 Å². The van der Waals surface area contributed by atoms with Crippen LogP contribution in [0, 0.1) is 11.7 Å². The Hall–Kier alpha value is -0.980. The molecule has 0 spiro atoms. The quantitative estimate of drug-likeness (QED) is 0.849. The molecule has 1 aromatic carbocycles. The second-order valence-corrected chi connectivity index (χ2v) is 6.68. The number of halogens is 1. The summed E-state index contributed by atoms with van der Waals surface area (Å²) in [5, 5.41) is 10.0. The van der Waals surface area contributed by atoms with Gasteiger partial charge in [0.15, 0.2) is 0 Å². The Morgan fingerprint density at radius 2 is 2.17 bits per heavy atom. The van der Waals surface area contributed by atoms with E-state index in [9.17, 15) is 17.9 Å². The first-order chi connectivity index (χ1) is 8.31. The topological polar surface area (TPSA) is 66.4 Å². The fourth-order valence-corrected chi connectivity index (χ4v) is 2.98. The third-order valence-corrected chi connectivity index (χ3v) is 4.58. The van der Waals surface area contributed by atoms with E-state index in [1.54, 1.807) is 6.92 Å². The summed E-state index contributed by atoms with van der Waals surface area (Å²) in [6.45, 7) is 1.55. The molecule has 18 heavy (non-hydrogen) atoms. The lowest BCUT2D eigenvalue weighted by Gasteiger charge is -2.23. The molecule has 2 N–H and O–H groups in total. The van der Waals surface area contributed by atoms with Gasteiger partial charge in [0, 0.05) is 6.54 Å². The van der Waals surface area contributed by atoms with Crippen molar-refractivity contribution >= 4 is 10.0 Å². The molecule has 1 atom stereocenters. The van der Waals surface area contributed by atoms with E-state index in [2.05, 4.69) is 4.72 Å². The van der Waals surface area contributed by atoms with Crippen LogP contribution in [-0.2, 0) is 10.0 Å². The first kappa shape index (κ1) is 13.5. The number of hydrogen-bond donors (Lipinski definition) is 2. The predicted molar refractivity (Wildman–Crippen MR) is 64.9 cm³/mol. The summed E-state index contributed by atoms with van der Waals surface area (Å²) in [7, 11) is -3.77. The molecule has 100 valence electrons. The van der Waals surface area contributed by atoms with Crippen molar-refractivity contribution in [2.45, 2.75) is 30.3 Å². The highest BCUT2D eigenvalue weighted by atomic mass is 32.2. The van der Waals surface area contributed by atoms with Crippen molar-refractivity contribution in [1.82, 2.24) is 4.72 Å². The number of rotatable bonds is 5. The Morgan fingerprint density at radius 3 is 2.72 bits per heavy atom. The van der Waals surface area contributed by atoms with E-state index < -0.39 is 21.4 Å². The summed E-state index contributed by atoms with van der Waals surface area (Å²) in [5.74, 6) is -0.459. The Bertz CT molecular complexity index is 538. The van der Waals surface area contributed by atoms with E-state index in [0.29, 0.717) is 0 Å². The average Bonchev–Trinajstić information content (AvgIpc) is 3.11. The molecule has 1 unspecified atom stereocenters. The van der Waals surface area contributed by atoms with Crippen molar-refractivity contribution in [3.05, 3.63) is 30.1 Å². The van der Waals surface area contributed by atoms with Crippen molar-refractivity contribution in [3.8, 4) is 0 Å². The smallest absolute Gasteiger partial charge is 0.240 e. The molecule has 1 aliphatic rings. The van der Waals surface area contributed by atoms with Gasteiger partial charge in [-0.25, -0.2) is 17.5 Å². The highest BCUT2D eigenvalue weighted by molar-refractivity contribution is 7.89. The van der Waals surface area contributed by atoms with E-state index >= 15 is 0 Å². The molecule has 0 aliphatic heterocycles. The SMILES string of the molecule is CC(O)(CNS(=O)(=O)c1cccc(F)c1)C1CC1. The van der Waals surface area contributed by atoms with E-state index in [4.69, 9.17) is 0 Å². The van der Waals surface area contributed by atoms with Crippen LogP contribution in [0.3, 0.4) is 0 Å². The summed E-state index contributed by atoms with van der Waals surface area (Å²) in [4.78, 5) is -0.130. The number of nitrogens with one attached hydrogen (secondary N) is 1. The molecular formula is C12H16FNO3S. The summed E-state index contributed by atoms with van der Waals surface area (Å²) < 4.78 is 39.1. The van der Waals surface area contributed by atoms with Gasteiger partial charge in [0.1, 0.15) is 5.82 Å². The van der Waals surface area contributed by atoms with Crippen molar-refractivity contribution in [1.29, 1.82) is 0 Å². The third kappa shape index (κ3) is 3.07. The van der Waals surface area contributed by atoms with Gasteiger partial charge in [-0.1, -0.05) is 6.07 Å². The molecule has 1 fully saturated rings. The number of aliphatic hydroxyl groups is 1. The van der Waals surface area contributed by atoms with Crippen molar-refractivity contribution < 1.29 is 17.9 Å². The maximum atomic E-state index is 13.0. The Kier molecular flexibility index (Phi) is 3.44. The number of benzene rings is 1. The van der Waals surface area contributed by atoms with Crippen LogP contribution in [0.2, 0.25) is 0 Å². The Labute approximate surface area is 106 Å². The van der Waals surface area contributed by atoms with Crippen molar-refractivity contribution in [3.63, 3.8) is 0 Å². The third-order valence-electron chi connectivity index (χ3n) is 3.18. The first-order valence-corrected chi connectivity index (χ1v) is 7.27. The van der Waals surface area contributed by atoms with Crippen LogP contribution in [0.1, 0.15) is 19.8 Å². The molecule has 1 aromatic rings. The van der Waals surface area contributed by atoms with Crippen LogP contribution in [-0.4, -0.2) is 25.7 Å². The molecular weight excluding hydrogens is 257 g/mol. The second kappa shape index (κ2) is 4.60. The molecule has 1 aliphatic carbocycles. The standard InChI is InChI=1S/C12H16FNO3S/c1-12(15,9-5-6-9)8-14-18(16,17)11-4-2-3-10(13)7-11/h2-4,7,9,14-15H,5-6,8H2,1H3. The average molecular weight is 273 g/mol. The van der Waals surface area contributed by atoms with E-state index in [0.717, 1.165) is 18.9 Å². The maximum Gasteiger partial charge on any atom is 0.240 e. The molecule has 0 aromatic heterocycles. The van der Waals surface area contributed by atoms with Gasteiger partial charge >= 0.3 is 0 Å². The molecule has 0 radical (unpaired) electrons. The lowest BCUT2D eigenvalue weighted by Crippen LogP contribution is -2.42. The number of sulfonamides is 1. The highest BCUT2D eigenvalue weighted by Crippen LogP contribution is 2.39. The minimum absolute atomic E-state index is 0.0590. The van der Waals surface area contributed by atoms with Crippen LogP contribution in [0.5, 0.6) is 0 Å². The second-order valence-electron chi connectivity index (χ2n) is 4.91. The monoisotopic (exact) mass is 273 g/mol. The summed E-state index contributed by atoms with van der Waals surface area (Å²) in [6.07, 6.45) is 1.82. The molecule has 0 bridgehead atoms. The van der Waals surface area contributed by atoms with E-state index in [-0.39, 0.29) is 17.4 Å². The first-order valence-electron chi connectivity index (χ1n) is 5.79. The van der Waals surface area contributed by atoms with Crippen LogP contribution >= 0.6 is 0 Å². The van der Waals surface area contributed by atoms with Crippen LogP contribution in [0.25, 0.3) is 0 Å². The van der Waals surface area contributed by atoms with Crippen LogP contribution < -0.4 is 4.72 Å². The Morgan fingerprint density at radius 1 is 1.50 bits per heavy atom. The normalized spacial score (nSPS) is 19.5. The zero-order valence-electron chi connectivity index (χ0n) is 10.1. The van der Waals surface area contributed by atoms with Gasteiger partial charge in [-0.15, -0.1) is 0 Å². The molecule has 0 saturated heterocycles. The van der Waals surface area contributed by atoms with Crippen LogP contribution in [0.15, 0.2) is 29.2 Å². The predicted octanol–water partition coefficient (Wildman–Crippen LogP) is 1.27. The van der Waals surface area contributed by atoms with Gasteiger partial charge in [-0.2, -0.15) is 0 Å². The summed E-state index contributed by atoms with van der Waals surface area (Å²) in [6, 6.07) is 4.79. The Balaban J connectivity index is 2.08. The van der Waals surface area contributed by atoms with Crippen molar-refractivity contribution in [2.24, 2.45) is 5.92 Å². The lowest BCUT2D eigenvalue weighted by atomic mass is 10.0. The van der Waals surface area contributed by atoms with Crippen molar-refractivity contribution in [2.75, 3.05) is 6.54 Å². The zero-order valence-corrected chi connectivity index (χ0v) is 10.9. The lowest BCUT2D eigenvalue weighted by molar-refractivity contribution is 0.0422. The molecule has 2 rings (SSSR count). The minimum Gasteiger partial charge on any atom is -0.389 e. The fraction of sp³-hybridized carbons (Fsp3) is 0.500. The van der Waals surface area contributed by atoms with Gasteiger partial charge in [0.2, 0.25) is 10.0 Å². The molecule has 6 heteroatoms. The van der Waals surface area contributed by atoms with Gasteiger partial charge in [0.25, 0.3) is 0 Å². The van der Waals surface area contributed by atoms with Gasteiger partial charge in [-0.05, 0) is 43.9 Å². The van der Waals surface area contributed by atoms with Gasteiger partial charge in [-0.3, -0.25) is 0 Å². The minimum atomic E-state index is -3.77. The molecule has 1 saturated carbocycles. The molecule has 0 amide bonds.